The second kappa shape index (κ2) is 5.20. The summed E-state index contributed by atoms with van der Waals surface area (Å²) in [7, 11) is 1.86. The zero-order valence-corrected chi connectivity index (χ0v) is 12.6. The summed E-state index contributed by atoms with van der Waals surface area (Å²) in [4.78, 5) is 0.997. The first-order chi connectivity index (χ1) is 9.61. The zero-order valence-electron chi connectivity index (χ0n) is 11.0. The molecular weight excluding hydrogens is 297 g/mol. The largest absolute Gasteiger partial charge is 0.459 e. The number of nitrogens with one attached hydrogen (secondary N) is 1. The Morgan fingerprint density at radius 2 is 2.15 bits per heavy atom. The molecule has 0 aliphatic rings. The molecule has 0 aliphatic heterocycles. The molecule has 0 fully saturated rings. The van der Waals surface area contributed by atoms with Crippen LogP contribution in [-0.2, 0) is 0 Å². The van der Waals surface area contributed by atoms with Crippen molar-refractivity contribution in [3.8, 4) is 0 Å². The number of fused-ring (bicyclic) bond motifs is 1. The SMILES string of the molecule is CNC(c1oc2ccc(F)cc2c1C)c1sccc1Cl. The summed E-state index contributed by atoms with van der Waals surface area (Å²) in [5.41, 5.74) is 1.62. The Bertz CT molecular complexity index is 764. The van der Waals surface area contributed by atoms with Gasteiger partial charge < -0.3 is 9.73 Å². The summed E-state index contributed by atoms with van der Waals surface area (Å²) in [5.74, 6) is 0.514. The molecule has 1 unspecified atom stereocenters. The Morgan fingerprint density at radius 1 is 1.35 bits per heavy atom. The molecule has 3 aromatic rings. The first kappa shape index (κ1) is 13.6. The average molecular weight is 310 g/mol. The van der Waals surface area contributed by atoms with Crippen LogP contribution in [0, 0.1) is 12.7 Å². The highest BCUT2D eigenvalue weighted by Crippen LogP contribution is 2.37. The minimum Gasteiger partial charge on any atom is -0.459 e. The van der Waals surface area contributed by atoms with Crippen LogP contribution < -0.4 is 5.32 Å². The van der Waals surface area contributed by atoms with E-state index in [9.17, 15) is 4.39 Å². The molecule has 0 amide bonds. The highest BCUT2D eigenvalue weighted by atomic mass is 35.5. The third-order valence-electron chi connectivity index (χ3n) is 3.39. The first-order valence-corrected chi connectivity index (χ1v) is 7.46. The molecule has 0 radical (unpaired) electrons. The number of rotatable bonds is 3. The Hall–Kier alpha value is -1.36. The van der Waals surface area contributed by atoms with Crippen molar-refractivity contribution < 1.29 is 8.81 Å². The van der Waals surface area contributed by atoms with Crippen molar-refractivity contribution in [1.82, 2.24) is 5.32 Å². The molecule has 2 heterocycles. The summed E-state index contributed by atoms with van der Waals surface area (Å²) in [6.07, 6.45) is 0. The number of halogens is 2. The highest BCUT2D eigenvalue weighted by Gasteiger charge is 2.23. The van der Waals surface area contributed by atoms with Crippen LogP contribution >= 0.6 is 22.9 Å². The summed E-state index contributed by atoms with van der Waals surface area (Å²) < 4.78 is 19.3. The fourth-order valence-electron chi connectivity index (χ4n) is 2.38. The van der Waals surface area contributed by atoms with Crippen molar-refractivity contribution in [2.24, 2.45) is 0 Å². The van der Waals surface area contributed by atoms with Gasteiger partial charge in [0.1, 0.15) is 23.2 Å². The number of hydrogen-bond donors (Lipinski definition) is 1. The third kappa shape index (κ3) is 2.14. The molecule has 0 spiro atoms. The van der Waals surface area contributed by atoms with Crippen LogP contribution in [-0.4, -0.2) is 7.05 Å². The molecule has 0 saturated carbocycles. The molecule has 5 heteroatoms. The minimum absolute atomic E-state index is 0.127. The summed E-state index contributed by atoms with van der Waals surface area (Å²) >= 11 is 7.78. The maximum absolute atomic E-state index is 13.4. The predicted molar refractivity (Wildman–Crippen MR) is 81.1 cm³/mol. The smallest absolute Gasteiger partial charge is 0.134 e. The standard InChI is InChI=1S/C15H13ClFNOS/c1-8-10-7-9(17)3-4-12(10)19-14(8)13(18-2)15-11(16)5-6-20-15/h3-7,13,18H,1-2H3. The molecule has 2 nitrogen and oxygen atoms in total. The lowest BCUT2D eigenvalue weighted by Crippen LogP contribution is -2.17. The van der Waals surface area contributed by atoms with Gasteiger partial charge in [-0.05, 0) is 43.6 Å². The van der Waals surface area contributed by atoms with Crippen LogP contribution in [0.15, 0.2) is 34.1 Å². The van der Waals surface area contributed by atoms with Crippen molar-refractivity contribution >= 4 is 33.9 Å². The number of benzene rings is 1. The average Bonchev–Trinajstić information content (AvgIpc) is 2.98. The lowest BCUT2D eigenvalue weighted by molar-refractivity contribution is 0.491. The molecule has 0 bridgehead atoms. The van der Waals surface area contributed by atoms with E-state index in [1.165, 1.54) is 12.1 Å². The monoisotopic (exact) mass is 309 g/mol. The lowest BCUT2D eigenvalue weighted by atomic mass is 10.1. The van der Waals surface area contributed by atoms with E-state index < -0.39 is 0 Å². The Balaban J connectivity index is 2.18. The van der Waals surface area contributed by atoms with Gasteiger partial charge in [0.25, 0.3) is 0 Å². The van der Waals surface area contributed by atoms with Crippen LogP contribution in [0.5, 0.6) is 0 Å². The molecule has 1 atom stereocenters. The normalized spacial score (nSPS) is 13.0. The van der Waals surface area contributed by atoms with Gasteiger partial charge in [0, 0.05) is 15.8 Å². The topological polar surface area (TPSA) is 25.2 Å². The van der Waals surface area contributed by atoms with Crippen LogP contribution in [0.2, 0.25) is 5.02 Å². The van der Waals surface area contributed by atoms with Crippen molar-refractivity contribution in [3.63, 3.8) is 0 Å². The quantitative estimate of drug-likeness (QED) is 0.744. The molecule has 0 saturated heterocycles. The summed E-state index contributed by atoms with van der Waals surface area (Å²) in [6, 6.07) is 6.30. The van der Waals surface area contributed by atoms with E-state index in [0.717, 1.165) is 21.6 Å². The molecule has 104 valence electrons. The second-order valence-corrected chi connectivity index (χ2v) is 5.94. The van der Waals surface area contributed by atoms with Crippen molar-refractivity contribution in [3.05, 3.63) is 56.7 Å². The molecular formula is C15H13ClFNOS. The van der Waals surface area contributed by atoms with E-state index in [2.05, 4.69) is 5.32 Å². The van der Waals surface area contributed by atoms with E-state index >= 15 is 0 Å². The van der Waals surface area contributed by atoms with E-state index in [1.54, 1.807) is 17.4 Å². The van der Waals surface area contributed by atoms with E-state index in [4.69, 9.17) is 16.0 Å². The van der Waals surface area contributed by atoms with Crippen molar-refractivity contribution in [1.29, 1.82) is 0 Å². The van der Waals surface area contributed by atoms with Crippen LogP contribution in [0.3, 0.4) is 0 Å². The first-order valence-electron chi connectivity index (χ1n) is 6.20. The predicted octanol–water partition coefficient (Wildman–Crippen LogP) is 4.90. The summed E-state index contributed by atoms with van der Waals surface area (Å²) in [6.45, 7) is 1.94. The molecule has 0 aliphatic carbocycles. The van der Waals surface area contributed by atoms with E-state index in [0.29, 0.717) is 10.6 Å². The van der Waals surface area contributed by atoms with Gasteiger partial charge in [-0.15, -0.1) is 11.3 Å². The van der Waals surface area contributed by atoms with Gasteiger partial charge in [0.05, 0.1) is 5.02 Å². The minimum atomic E-state index is -0.261. The fraction of sp³-hybridized carbons (Fsp3) is 0.200. The number of furan rings is 1. The Morgan fingerprint density at radius 3 is 2.80 bits per heavy atom. The molecule has 3 rings (SSSR count). The highest BCUT2D eigenvalue weighted by molar-refractivity contribution is 7.10. The Kier molecular flexibility index (Phi) is 3.54. The maximum Gasteiger partial charge on any atom is 0.134 e. The Labute approximate surface area is 125 Å². The van der Waals surface area contributed by atoms with Gasteiger partial charge in [0.2, 0.25) is 0 Å². The van der Waals surface area contributed by atoms with Crippen LogP contribution in [0.25, 0.3) is 11.0 Å². The van der Waals surface area contributed by atoms with Gasteiger partial charge in [-0.1, -0.05) is 11.6 Å². The number of thiophene rings is 1. The molecule has 1 aromatic carbocycles. The maximum atomic E-state index is 13.4. The number of aryl methyl sites for hydroxylation is 1. The molecule has 2 aromatic heterocycles. The van der Waals surface area contributed by atoms with Gasteiger partial charge in [-0.25, -0.2) is 4.39 Å². The third-order valence-corrected chi connectivity index (χ3v) is 4.82. The van der Waals surface area contributed by atoms with Gasteiger partial charge >= 0.3 is 0 Å². The zero-order chi connectivity index (χ0) is 14.3. The number of hydrogen-bond acceptors (Lipinski definition) is 3. The van der Waals surface area contributed by atoms with Gasteiger partial charge in [-0.2, -0.15) is 0 Å². The lowest BCUT2D eigenvalue weighted by Gasteiger charge is -2.13. The van der Waals surface area contributed by atoms with Gasteiger partial charge in [0.15, 0.2) is 0 Å². The molecule has 1 N–H and O–H groups in total. The van der Waals surface area contributed by atoms with Crippen LogP contribution in [0.4, 0.5) is 4.39 Å². The molecule has 20 heavy (non-hydrogen) atoms. The van der Waals surface area contributed by atoms with E-state index in [-0.39, 0.29) is 11.9 Å². The van der Waals surface area contributed by atoms with Crippen molar-refractivity contribution in [2.45, 2.75) is 13.0 Å². The van der Waals surface area contributed by atoms with E-state index in [1.807, 2.05) is 25.4 Å². The van der Waals surface area contributed by atoms with Gasteiger partial charge in [-0.3, -0.25) is 0 Å². The summed E-state index contributed by atoms with van der Waals surface area (Å²) in [5, 5.41) is 6.67. The van der Waals surface area contributed by atoms with Crippen LogP contribution in [0.1, 0.15) is 22.2 Å². The second-order valence-electron chi connectivity index (χ2n) is 4.59. The fourth-order valence-corrected chi connectivity index (χ4v) is 3.65. The van der Waals surface area contributed by atoms with Crippen molar-refractivity contribution in [2.75, 3.05) is 7.05 Å².